The fourth-order valence-corrected chi connectivity index (χ4v) is 1.44. The van der Waals surface area contributed by atoms with Gasteiger partial charge in [-0.05, 0) is 13.5 Å². The third-order valence-electron chi connectivity index (χ3n) is 2.24. The van der Waals surface area contributed by atoms with Crippen LogP contribution in [-0.2, 0) is 14.3 Å². The Morgan fingerprint density at radius 1 is 1.62 bits per heavy atom. The highest BCUT2D eigenvalue weighted by molar-refractivity contribution is 5.69. The summed E-state index contributed by atoms with van der Waals surface area (Å²) in [7, 11) is 3.47. The molecule has 0 amide bonds. The molecule has 1 aliphatic rings. The first-order valence-electron chi connectivity index (χ1n) is 4.59. The van der Waals surface area contributed by atoms with Crippen LogP contribution in [-0.4, -0.2) is 50.8 Å². The van der Waals surface area contributed by atoms with E-state index in [0.717, 1.165) is 19.5 Å². The maximum Gasteiger partial charge on any atom is 0.307 e. The van der Waals surface area contributed by atoms with E-state index in [0.29, 0.717) is 19.1 Å². The topological polar surface area (TPSA) is 38.8 Å². The zero-order valence-electron chi connectivity index (χ0n) is 8.28. The van der Waals surface area contributed by atoms with Gasteiger partial charge in [0.2, 0.25) is 0 Å². The standard InChI is InChI=1S/C9H17NO3/c1-10-5-3-8(7-10)13-6-4-9(11)12-2/h8H,3-7H2,1-2H3. The number of ether oxygens (including phenoxy) is 2. The minimum absolute atomic E-state index is 0.202. The highest BCUT2D eigenvalue weighted by Gasteiger charge is 2.19. The van der Waals surface area contributed by atoms with Gasteiger partial charge < -0.3 is 14.4 Å². The average Bonchev–Trinajstić information content (AvgIpc) is 2.51. The Bertz CT molecular complexity index is 172. The van der Waals surface area contributed by atoms with Crippen LogP contribution >= 0.6 is 0 Å². The van der Waals surface area contributed by atoms with Crippen molar-refractivity contribution >= 4 is 5.97 Å². The molecule has 1 aliphatic heterocycles. The van der Waals surface area contributed by atoms with Gasteiger partial charge in [-0.1, -0.05) is 0 Å². The maximum absolute atomic E-state index is 10.7. The van der Waals surface area contributed by atoms with Crippen LogP contribution in [0.1, 0.15) is 12.8 Å². The summed E-state index contributed by atoms with van der Waals surface area (Å²) in [4.78, 5) is 13.0. The van der Waals surface area contributed by atoms with Crippen LogP contribution in [0.3, 0.4) is 0 Å². The van der Waals surface area contributed by atoms with Crippen molar-refractivity contribution in [3.05, 3.63) is 0 Å². The maximum atomic E-state index is 10.7. The van der Waals surface area contributed by atoms with Gasteiger partial charge in [0.05, 0.1) is 26.2 Å². The van der Waals surface area contributed by atoms with Crippen LogP contribution in [0.5, 0.6) is 0 Å². The Morgan fingerprint density at radius 2 is 2.38 bits per heavy atom. The second kappa shape index (κ2) is 5.19. The minimum atomic E-state index is -0.202. The number of carbonyl (C=O) groups excluding carboxylic acids is 1. The summed E-state index contributed by atoms with van der Waals surface area (Å²) in [5.74, 6) is -0.202. The van der Waals surface area contributed by atoms with Gasteiger partial charge in [0.15, 0.2) is 0 Å². The molecule has 1 fully saturated rings. The van der Waals surface area contributed by atoms with Crippen LogP contribution in [0.15, 0.2) is 0 Å². The molecule has 1 saturated heterocycles. The molecule has 0 radical (unpaired) electrons. The summed E-state index contributed by atoms with van der Waals surface area (Å²) < 4.78 is 10.0. The van der Waals surface area contributed by atoms with Crippen LogP contribution in [0.25, 0.3) is 0 Å². The molecular formula is C9H17NO3. The lowest BCUT2D eigenvalue weighted by atomic mass is 10.3. The van der Waals surface area contributed by atoms with Gasteiger partial charge in [-0.15, -0.1) is 0 Å². The molecule has 0 bridgehead atoms. The number of likely N-dealkylation sites (tertiary alicyclic amines) is 1. The molecule has 0 aliphatic carbocycles. The smallest absolute Gasteiger partial charge is 0.307 e. The summed E-state index contributed by atoms with van der Waals surface area (Å²) in [6, 6.07) is 0. The number of methoxy groups -OCH3 is 1. The molecule has 4 nitrogen and oxygen atoms in total. The largest absolute Gasteiger partial charge is 0.469 e. The van der Waals surface area contributed by atoms with Crippen LogP contribution < -0.4 is 0 Å². The summed E-state index contributed by atoms with van der Waals surface area (Å²) in [5.41, 5.74) is 0. The number of likely N-dealkylation sites (N-methyl/N-ethyl adjacent to an activating group) is 1. The Kier molecular flexibility index (Phi) is 4.18. The predicted octanol–water partition coefficient (Wildman–Crippen LogP) is 0.270. The summed E-state index contributed by atoms with van der Waals surface area (Å²) >= 11 is 0. The molecule has 0 aromatic rings. The zero-order valence-corrected chi connectivity index (χ0v) is 8.28. The van der Waals surface area contributed by atoms with Crippen molar-refractivity contribution in [1.82, 2.24) is 4.90 Å². The number of rotatable bonds is 4. The van der Waals surface area contributed by atoms with E-state index in [-0.39, 0.29) is 5.97 Å². The molecule has 76 valence electrons. The molecular weight excluding hydrogens is 170 g/mol. The van der Waals surface area contributed by atoms with E-state index in [1.54, 1.807) is 0 Å². The lowest BCUT2D eigenvalue weighted by Crippen LogP contribution is -2.20. The monoisotopic (exact) mass is 187 g/mol. The normalized spacial score (nSPS) is 23.4. The molecule has 0 spiro atoms. The van der Waals surface area contributed by atoms with Gasteiger partial charge in [-0.3, -0.25) is 4.79 Å². The Labute approximate surface area is 78.8 Å². The fraction of sp³-hybridized carbons (Fsp3) is 0.889. The predicted molar refractivity (Wildman–Crippen MR) is 48.5 cm³/mol. The van der Waals surface area contributed by atoms with Crippen molar-refractivity contribution in [3.8, 4) is 0 Å². The van der Waals surface area contributed by atoms with Gasteiger partial charge in [0, 0.05) is 13.1 Å². The van der Waals surface area contributed by atoms with Crippen molar-refractivity contribution in [3.63, 3.8) is 0 Å². The second-order valence-electron chi connectivity index (χ2n) is 3.37. The summed E-state index contributed by atoms with van der Waals surface area (Å²) in [6.07, 6.45) is 1.73. The van der Waals surface area contributed by atoms with Gasteiger partial charge in [-0.25, -0.2) is 0 Å². The first kappa shape index (κ1) is 10.5. The lowest BCUT2D eigenvalue weighted by Gasteiger charge is -2.10. The van der Waals surface area contributed by atoms with Gasteiger partial charge >= 0.3 is 5.97 Å². The van der Waals surface area contributed by atoms with E-state index in [2.05, 4.69) is 16.7 Å². The number of nitrogens with zero attached hydrogens (tertiary/aromatic N) is 1. The summed E-state index contributed by atoms with van der Waals surface area (Å²) in [5, 5.41) is 0. The Hall–Kier alpha value is -0.610. The van der Waals surface area contributed by atoms with Crippen molar-refractivity contribution in [2.24, 2.45) is 0 Å². The van der Waals surface area contributed by atoms with Crippen molar-refractivity contribution in [2.45, 2.75) is 18.9 Å². The number of esters is 1. The third kappa shape index (κ3) is 3.74. The lowest BCUT2D eigenvalue weighted by molar-refractivity contribution is -0.142. The second-order valence-corrected chi connectivity index (χ2v) is 3.37. The van der Waals surface area contributed by atoms with E-state index < -0.39 is 0 Å². The van der Waals surface area contributed by atoms with Gasteiger partial charge in [-0.2, -0.15) is 0 Å². The summed E-state index contributed by atoms with van der Waals surface area (Å²) in [6.45, 7) is 2.54. The quantitative estimate of drug-likeness (QED) is 0.592. The van der Waals surface area contributed by atoms with Crippen molar-refractivity contribution in [1.29, 1.82) is 0 Å². The fourth-order valence-electron chi connectivity index (χ4n) is 1.44. The van der Waals surface area contributed by atoms with E-state index in [1.165, 1.54) is 7.11 Å². The van der Waals surface area contributed by atoms with Crippen LogP contribution in [0.4, 0.5) is 0 Å². The van der Waals surface area contributed by atoms with Gasteiger partial charge in [0.1, 0.15) is 0 Å². The minimum Gasteiger partial charge on any atom is -0.469 e. The Morgan fingerprint density at radius 3 is 2.92 bits per heavy atom. The van der Waals surface area contributed by atoms with E-state index in [1.807, 2.05) is 0 Å². The molecule has 0 N–H and O–H groups in total. The average molecular weight is 187 g/mol. The number of hydrogen-bond donors (Lipinski definition) is 0. The molecule has 1 heterocycles. The highest BCUT2D eigenvalue weighted by Crippen LogP contribution is 2.10. The van der Waals surface area contributed by atoms with E-state index in [4.69, 9.17) is 4.74 Å². The molecule has 0 saturated carbocycles. The Balaban J connectivity index is 2.03. The van der Waals surface area contributed by atoms with Crippen LogP contribution in [0, 0.1) is 0 Å². The number of carbonyl (C=O) groups is 1. The first-order valence-corrected chi connectivity index (χ1v) is 4.59. The van der Waals surface area contributed by atoms with E-state index in [9.17, 15) is 4.79 Å². The molecule has 1 rings (SSSR count). The highest BCUT2D eigenvalue weighted by atomic mass is 16.5. The third-order valence-corrected chi connectivity index (χ3v) is 2.24. The SMILES string of the molecule is COC(=O)CCOC1CCN(C)C1. The van der Waals surface area contributed by atoms with Gasteiger partial charge in [0.25, 0.3) is 0 Å². The van der Waals surface area contributed by atoms with E-state index >= 15 is 0 Å². The molecule has 1 atom stereocenters. The molecule has 13 heavy (non-hydrogen) atoms. The zero-order chi connectivity index (χ0) is 9.68. The van der Waals surface area contributed by atoms with Crippen molar-refractivity contribution < 1.29 is 14.3 Å². The number of hydrogen-bond acceptors (Lipinski definition) is 4. The molecule has 0 aromatic heterocycles. The van der Waals surface area contributed by atoms with Crippen molar-refractivity contribution in [2.75, 3.05) is 33.9 Å². The first-order chi connectivity index (χ1) is 6.22. The molecule has 0 aromatic carbocycles. The molecule has 1 unspecified atom stereocenters. The molecule has 4 heteroatoms. The van der Waals surface area contributed by atoms with Crippen LogP contribution in [0.2, 0.25) is 0 Å².